The van der Waals surface area contributed by atoms with E-state index in [2.05, 4.69) is 29.6 Å². The summed E-state index contributed by atoms with van der Waals surface area (Å²) >= 11 is 1.97. The Morgan fingerprint density at radius 2 is 2.50 bits per heavy atom. The van der Waals surface area contributed by atoms with Gasteiger partial charge in [-0.2, -0.15) is 0 Å². The third-order valence-electron chi connectivity index (χ3n) is 2.28. The van der Waals surface area contributed by atoms with Gasteiger partial charge in [0.05, 0.1) is 12.0 Å². The second kappa shape index (κ2) is 4.82. The first-order valence-corrected chi connectivity index (χ1v) is 5.88. The normalized spacial score (nSPS) is 21.4. The number of ether oxygens (including phenoxy) is 1. The van der Waals surface area contributed by atoms with Gasteiger partial charge in [0.1, 0.15) is 0 Å². The van der Waals surface area contributed by atoms with Gasteiger partial charge in [-0.3, -0.25) is 0 Å². The number of nitrogens with one attached hydrogen (secondary N) is 1. The average molecular weight is 209 g/mol. The minimum atomic E-state index is 0.479. The van der Waals surface area contributed by atoms with Gasteiger partial charge in [0.25, 0.3) is 0 Å². The molecular weight excluding hydrogens is 194 g/mol. The Kier molecular flexibility index (Phi) is 3.45. The zero-order valence-electron chi connectivity index (χ0n) is 8.32. The number of rotatable bonds is 3. The summed E-state index contributed by atoms with van der Waals surface area (Å²) in [6, 6.07) is 8.60. The van der Waals surface area contributed by atoms with Gasteiger partial charge < -0.3 is 10.1 Å². The van der Waals surface area contributed by atoms with Gasteiger partial charge in [0, 0.05) is 19.4 Å². The van der Waals surface area contributed by atoms with Gasteiger partial charge in [-0.1, -0.05) is 24.3 Å². The van der Waals surface area contributed by atoms with Crippen LogP contribution in [0.3, 0.4) is 0 Å². The lowest BCUT2D eigenvalue weighted by Gasteiger charge is -2.10. The summed E-state index contributed by atoms with van der Waals surface area (Å²) in [6.45, 7) is 1.81. The Morgan fingerprint density at radius 3 is 3.21 bits per heavy atom. The maximum atomic E-state index is 5.12. The molecule has 0 radical (unpaired) electrons. The summed E-state index contributed by atoms with van der Waals surface area (Å²) in [6.07, 6.45) is 0. The summed E-state index contributed by atoms with van der Waals surface area (Å²) in [5.41, 5.74) is 2.61. The molecule has 0 aromatic heterocycles. The van der Waals surface area contributed by atoms with Gasteiger partial charge >= 0.3 is 0 Å². The van der Waals surface area contributed by atoms with Crippen molar-refractivity contribution in [1.82, 2.24) is 5.32 Å². The lowest BCUT2D eigenvalue weighted by Crippen LogP contribution is -2.12. The molecule has 0 amide bonds. The number of benzene rings is 1. The molecule has 1 fully saturated rings. The van der Waals surface area contributed by atoms with E-state index < -0.39 is 0 Å². The van der Waals surface area contributed by atoms with Crippen LogP contribution in [-0.2, 0) is 11.3 Å². The molecule has 0 bridgehead atoms. The Labute approximate surface area is 89.0 Å². The first-order chi connectivity index (χ1) is 6.90. The number of thioether (sulfide) groups is 1. The van der Waals surface area contributed by atoms with Crippen molar-refractivity contribution in [3.8, 4) is 0 Å². The molecule has 1 unspecified atom stereocenters. The minimum absolute atomic E-state index is 0.479. The van der Waals surface area contributed by atoms with Crippen molar-refractivity contribution in [3.63, 3.8) is 0 Å². The molecule has 1 aromatic carbocycles. The van der Waals surface area contributed by atoms with Gasteiger partial charge in [-0.25, -0.2) is 0 Å². The predicted octanol–water partition coefficient (Wildman–Crippen LogP) is 2.17. The topological polar surface area (TPSA) is 21.3 Å². The van der Waals surface area contributed by atoms with Crippen molar-refractivity contribution >= 4 is 11.8 Å². The lowest BCUT2D eigenvalue weighted by molar-refractivity contribution is 0.185. The molecule has 1 N–H and O–H groups in total. The summed E-state index contributed by atoms with van der Waals surface area (Å²) in [5.74, 6) is 1.21. The molecule has 0 saturated carbocycles. The lowest BCUT2D eigenvalue weighted by atomic mass is 10.1. The van der Waals surface area contributed by atoms with E-state index in [9.17, 15) is 0 Å². The molecule has 3 heteroatoms. The highest BCUT2D eigenvalue weighted by atomic mass is 32.2. The second-order valence-corrected chi connectivity index (χ2v) is 4.60. The summed E-state index contributed by atoms with van der Waals surface area (Å²) < 4.78 is 5.12. The summed E-state index contributed by atoms with van der Waals surface area (Å²) in [5, 5.41) is 3.94. The number of methoxy groups -OCH3 is 1. The summed E-state index contributed by atoms with van der Waals surface area (Å²) in [7, 11) is 1.73. The Bertz CT molecular complexity index is 297. The Hall–Kier alpha value is -0.510. The van der Waals surface area contributed by atoms with E-state index >= 15 is 0 Å². The number of hydrogen-bond acceptors (Lipinski definition) is 3. The fourth-order valence-electron chi connectivity index (χ4n) is 1.65. The molecule has 2 rings (SSSR count). The molecule has 76 valence electrons. The largest absolute Gasteiger partial charge is 0.380 e. The van der Waals surface area contributed by atoms with E-state index in [4.69, 9.17) is 4.74 Å². The van der Waals surface area contributed by atoms with Crippen molar-refractivity contribution in [2.24, 2.45) is 0 Å². The molecule has 1 aliphatic rings. The van der Waals surface area contributed by atoms with Crippen LogP contribution in [0.15, 0.2) is 24.3 Å². The average Bonchev–Trinajstić information content (AvgIpc) is 2.71. The van der Waals surface area contributed by atoms with Crippen molar-refractivity contribution in [2.45, 2.75) is 12.0 Å². The van der Waals surface area contributed by atoms with Crippen molar-refractivity contribution in [3.05, 3.63) is 35.4 Å². The molecule has 1 aliphatic heterocycles. The minimum Gasteiger partial charge on any atom is -0.380 e. The van der Waals surface area contributed by atoms with E-state index in [1.54, 1.807) is 7.11 Å². The predicted molar refractivity (Wildman–Crippen MR) is 60.4 cm³/mol. The molecule has 1 atom stereocenters. The monoisotopic (exact) mass is 209 g/mol. The van der Waals surface area contributed by atoms with Crippen LogP contribution in [0.5, 0.6) is 0 Å². The van der Waals surface area contributed by atoms with Crippen LogP contribution in [-0.4, -0.2) is 19.4 Å². The van der Waals surface area contributed by atoms with E-state index in [1.807, 2.05) is 11.8 Å². The zero-order valence-corrected chi connectivity index (χ0v) is 9.14. The van der Waals surface area contributed by atoms with E-state index in [0.717, 1.165) is 6.54 Å². The van der Waals surface area contributed by atoms with Crippen LogP contribution in [0.4, 0.5) is 0 Å². The molecule has 0 spiro atoms. The first-order valence-electron chi connectivity index (χ1n) is 4.83. The van der Waals surface area contributed by atoms with E-state index in [-0.39, 0.29) is 0 Å². The maximum Gasteiger partial charge on any atom is 0.0790 e. The van der Waals surface area contributed by atoms with Gasteiger partial charge in [-0.15, -0.1) is 11.8 Å². The molecule has 1 aromatic rings. The van der Waals surface area contributed by atoms with Gasteiger partial charge in [-0.05, 0) is 11.1 Å². The fraction of sp³-hybridized carbons (Fsp3) is 0.455. The van der Waals surface area contributed by atoms with E-state index in [0.29, 0.717) is 12.0 Å². The quantitative estimate of drug-likeness (QED) is 0.824. The first kappa shape index (κ1) is 10.0. The number of hydrogen-bond donors (Lipinski definition) is 1. The Balaban J connectivity index is 2.12. The third kappa shape index (κ3) is 2.29. The molecular formula is C11H15NOS. The van der Waals surface area contributed by atoms with Crippen LogP contribution in [0.25, 0.3) is 0 Å². The van der Waals surface area contributed by atoms with Gasteiger partial charge in [0.15, 0.2) is 0 Å². The molecule has 1 heterocycles. The van der Waals surface area contributed by atoms with Gasteiger partial charge in [0.2, 0.25) is 0 Å². The van der Waals surface area contributed by atoms with Crippen molar-refractivity contribution in [1.29, 1.82) is 0 Å². The SMILES string of the molecule is COCc1cccc(C2NCCS2)c1. The molecule has 2 nitrogen and oxygen atoms in total. The van der Waals surface area contributed by atoms with Crippen molar-refractivity contribution < 1.29 is 4.74 Å². The maximum absolute atomic E-state index is 5.12. The highest BCUT2D eigenvalue weighted by Crippen LogP contribution is 2.30. The van der Waals surface area contributed by atoms with Crippen molar-refractivity contribution in [2.75, 3.05) is 19.4 Å². The van der Waals surface area contributed by atoms with Crippen LogP contribution < -0.4 is 5.32 Å². The second-order valence-electron chi connectivity index (χ2n) is 3.38. The highest BCUT2D eigenvalue weighted by molar-refractivity contribution is 7.99. The standard InChI is InChI=1S/C11H15NOS/c1-13-8-9-3-2-4-10(7-9)11-12-5-6-14-11/h2-4,7,11-12H,5-6,8H2,1H3. The smallest absolute Gasteiger partial charge is 0.0790 e. The fourth-order valence-corrected chi connectivity index (χ4v) is 2.70. The van der Waals surface area contributed by atoms with Crippen LogP contribution in [0.2, 0.25) is 0 Å². The van der Waals surface area contributed by atoms with Crippen LogP contribution in [0, 0.1) is 0 Å². The molecule has 0 aliphatic carbocycles. The molecule has 1 saturated heterocycles. The summed E-state index contributed by atoms with van der Waals surface area (Å²) in [4.78, 5) is 0. The van der Waals surface area contributed by atoms with E-state index in [1.165, 1.54) is 16.9 Å². The third-order valence-corrected chi connectivity index (χ3v) is 3.49. The zero-order chi connectivity index (χ0) is 9.80. The Morgan fingerprint density at radius 1 is 1.57 bits per heavy atom. The van der Waals surface area contributed by atoms with Crippen LogP contribution >= 0.6 is 11.8 Å². The molecule has 14 heavy (non-hydrogen) atoms. The van der Waals surface area contributed by atoms with Crippen LogP contribution in [0.1, 0.15) is 16.5 Å². The highest BCUT2D eigenvalue weighted by Gasteiger charge is 2.16.